The maximum absolute atomic E-state index is 10.6. The molecule has 2 rings (SSSR count). The zero-order chi connectivity index (χ0) is 7.90. The topological polar surface area (TPSA) is 52.6 Å². The zero-order valence-electron chi connectivity index (χ0n) is 5.44. The monoisotopic (exact) mass is 152 g/mol. The molecule has 0 saturated heterocycles. The Kier molecular flexibility index (Phi) is 0.961. The number of ether oxygens (including phenoxy) is 2. The molecule has 0 N–H and O–H groups in total. The molecule has 0 radical (unpaired) electrons. The summed E-state index contributed by atoms with van der Waals surface area (Å²) in [7, 11) is 0. The maximum atomic E-state index is 10.6. The van der Waals surface area contributed by atoms with Crippen molar-refractivity contribution in [3.63, 3.8) is 0 Å². The first kappa shape index (κ1) is 6.15. The fourth-order valence-electron chi connectivity index (χ4n) is 0.963. The van der Waals surface area contributed by atoms with Crippen LogP contribution in [0.2, 0.25) is 0 Å². The number of hydrogen-bond acceptors (Lipinski definition) is 4. The van der Waals surface area contributed by atoms with Gasteiger partial charge in [-0.1, -0.05) is 0 Å². The summed E-state index contributed by atoms with van der Waals surface area (Å²) < 4.78 is 9.40. The number of hydrogen-bond donors (Lipinski definition) is 0. The molecule has 4 nitrogen and oxygen atoms in total. The van der Waals surface area contributed by atoms with Crippen LogP contribution in [0.1, 0.15) is 0 Å². The second-order valence-electron chi connectivity index (χ2n) is 2.23. The van der Waals surface area contributed by atoms with Crippen LogP contribution in [0.3, 0.4) is 0 Å². The zero-order valence-corrected chi connectivity index (χ0v) is 5.44. The van der Waals surface area contributed by atoms with Gasteiger partial charge in [-0.25, -0.2) is 9.59 Å². The number of carbonyl (C=O) groups excluding carboxylic acids is 2. The van der Waals surface area contributed by atoms with Crippen molar-refractivity contribution < 1.29 is 19.1 Å². The molecule has 0 fully saturated rings. The number of rotatable bonds is 0. The third-order valence-corrected chi connectivity index (χ3v) is 1.42. The SMILES string of the molecule is O=C1C=CC2(C=CC(=O)O2)O1. The molecule has 56 valence electrons. The van der Waals surface area contributed by atoms with Crippen LogP contribution in [0.5, 0.6) is 0 Å². The van der Waals surface area contributed by atoms with E-state index in [-0.39, 0.29) is 0 Å². The summed E-state index contributed by atoms with van der Waals surface area (Å²) in [6.45, 7) is 0. The predicted octanol–water partition coefficient (Wildman–Crippen LogP) is -0.0913. The first-order valence-corrected chi connectivity index (χ1v) is 3.05. The Morgan fingerprint density at radius 2 is 1.45 bits per heavy atom. The van der Waals surface area contributed by atoms with Gasteiger partial charge in [-0.2, -0.15) is 0 Å². The van der Waals surface area contributed by atoms with Crippen molar-refractivity contribution in [2.45, 2.75) is 5.79 Å². The van der Waals surface area contributed by atoms with E-state index in [9.17, 15) is 9.59 Å². The van der Waals surface area contributed by atoms with Crippen molar-refractivity contribution in [1.82, 2.24) is 0 Å². The molecule has 0 atom stereocenters. The minimum atomic E-state index is -1.23. The van der Waals surface area contributed by atoms with Crippen LogP contribution in [0, 0.1) is 0 Å². The van der Waals surface area contributed by atoms with Crippen molar-refractivity contribution in [3.05, 3.63) is 24.3 Å². The van der Waals surface area contributed by atoms with Crippen LogP contribution in [0.25, 0.3) is 0 Å². The minimum absolute atomic E-state index is 0.496. The van der Waals surface area contributed by atoms with Crippen molar-refractivity contribution in [2.24, 2.45) is 0 Å². The lowest BCUT2D eigenvalue weighted by Gasteiger charge is -2.16. The van der Waals surface area contributed by atoms with Crippen molar-refractivity contribution in [3.8, 4) is 0 Å². The van der Waals surface area contributed by atoms with Gasteiger partial charge >= 0.3 is 11.9 Å². The van der Waals surface area contributed by atoms with Crippen LogP contribution in [0.15, 0.2) is 24.3 Å². The summed E-state index contributed by atoms with van der Waals surface area (Å²) in [5.41, 5.74) is 0. The van der Waals surface area contributed by atoms with Gasteiger partial charge in [-0.3, -0.25) is 0 Å². The van der Waals surface area contributed by atoms with Crippen LogP contribution < -0.4 is 0 Å². The Labute approximate surface area is 62.1 Å². The van der Waals surface area contributed by atoms with Gasteiger partial charge < -0.3 is 9.47 Å². The van der Waals surface area contributed by atoms with Gasteiger partial charge in [0, 0.05) is 24.3 Å². The van der Waals surface area contributed by atoms with Gasteiger partial charge in [0.15, 0.2) is 0 Å². The smallest absolute Gasteiger partial charge is 0.334 e. The summed E-state index contributed by atoms with van der Waals surface area (Å²) in [5, 5.41) is 0. The molecule has 0 saturated carbocycles. The van der Waals surface area contributed by atoms with Gasteiger partial charge in [-0.15, -0.1) is 0 Å². The lowest BCUT2D eigenvalue weighted by Crippen LogP contribution is -2.26. The van der Waals surface area contributed by atoms with E-state index in [1.807, 2.05) is 0 Å². The lowest BCUT2D eigenvalue weighted by molar-refractivity contribution is -0.181. The van der Waals surface area contributed by atoms with Crippen LogP contribution >= 0.6 is 0 Å². The average Bonchev–Trinajstić information content (AvgIpc) is 2.44. The molecular formula is C7H4O4. The first-order chi connectivity index (χ1) is 5.20. The summed E-state index contributed by atoms with van der Waals surface area (Å²) >= 11 is 0. The molecule has 2 aliphatic rings. The van der Waals surface area contributed by atoms with Gasteiger partial charge in [0.25, 0.3) is 5.79 Å². The molecule has 2 aliphatic heterocycles. The Balaban J connectivity index is 2.29. The summed E-state index contributed by atoms with van der Waals surface area (Å²) in [4.78, 5) is 21.2. The largest absolute Gasteiger partial charge is 0.411 e. The van der Waals surface area contributed by atoms with E-state index >= 15 is 0 Å². The molecule has 0 bridgehead atoms. The Bertz CT molecular complexity index is 257. The van der Waals surface area contributed by atoms with E-state index < -0.39 is 17.7 Å². The highest BCUT2D eigenvalue weighted by molar-refractivity contribution is 5.90. The van der Waals surface area contributed by atoms with E-state index in [4.69, 9.17) is 9.47 Å². The van der Waals surface area contributed by atoms with Gasteiger partial charge in [0.2, 0.25) is 0 Å². The Morgan fingerprint density at radius 3 is 1.73 bits per heavy atom. The summed E-state index contributed by atoms with van der Waals surface area (Å²) in [6, 6.07) is 0. The molecule has 0 aromatic carbocycles. The van der Waals surface area contributed by atoms with E-state index in [0.29, 0.717) is 0 Å². The fourth-order valence-corrected chi connectivity index (χ4v) is 0.963. The van der Waals surface area contributed by atoms with E-state index in [1.54, 1.807) is 0 Å². The van der Waals surface area contributed by atoms with E-state index in [2.05, 4.69) is 0 Å². The van der Waals surface area contributed by atoms with Crippen molar-refractivity contribution >= 4 is 11.9 Å². The standard InChI is InChI=1S/C7H4O4/c8-5-1-3-7(10-5)4-2-6(9)11-7/h1-4H. The van der Waals surface area contributed by atoms with Crippen LogP contribution in [-0.4, -0.2) is 17.7 Å². The average molecular weight is 152 g/mol. The second kappa shape index (κ2) is 1.72. The van der Waals surface area contributed by atoms with E-state index in [1.165, 1.54) is 24.3 Å². The van der Waals surface area contributed by atoms with E-state index in [0.717, 1.165) is 0 Å². The van der Waals surface area contributed by atoms with Gasteiger partial charge in [0.1, 0.15) is 0 Å². The number of carbonyl (C=O) groups is 2. The molecule has 11 heavy (non-hydrogen) atoms. The summed E-state index contributed by atoms with van der Waals surface area (Å²) in [5.74, 6) is -2.22. The minimum Gasteiger partial charge on any atom is -0.411 e. The molecule has 0 aliphatic carbocycles. The third kappa shape index (κ3) is 0.832. The lowest BCUT2D eigenvalue weighted by atomic mass is 10.3. The molecule has 0 amide bonds. The highest BCUT2D eigenvalue weighted by Gasteiger charge is 2.40. The normalized spacial score (nSPS) is 24.4. The molecule has 0 aromatic rings. The van der Waals surface area contributed by atoms with Crippen LogP contribution in [0.4, 0.5) is 0 Å². The molecular weight excluding hydrogens is 148 g/mol. The Morgan fingerprint density at radius 1 is 1.00 bits per heavy atom. The third-order valence-electron chi connectivity index (χ3n) is 1.42. The van der Waals surface area contributed by atoms with Crippen molar-refractivity contribution in [1.29, 1.82) is 0 Å². The van der Waals surface area contributed by atoms with Crippen LogP contribution in [-0.2, 0) is 19.1 Å². The number of esters is 2. The highest BCUT2D eigenvalue weighted by Crippen LogP contribution is 2.27. The molecule has 1 spiro atoms. The molecule has 0 aromatic heterocycles. The van der Waals surface area contributed by atoms with Gasteiger partial charge in [0.05, 0.1) is 0 Å². The molecule has 2 heterocycles. The molecule has 4 heteroatoms. The maximum Gasteiger partial charge on any atom is 0.334 e. The summed E-state index contributed by atoms with van der Waals surface area (Å²) in [6.07, 6.45) is 5.25. The quantitative estimate of drug-likeness (QED) is 0.455. The highest BCUT2D eigenvalue weighted by atomic mass is 16.7. The Hall–Kier alpha value is -1.58. The molecule has 0 unspecified atom stereocenters. The second-order valence-corrected chi connectivity index (χ2v) is 2.23. The fraction of sp³-hybridized carbons (Fsp3) is 0.143. The predicted molar refractivity (Wildman–Crippen MR) is 33.2 cm³/mol. The van der Waals surface area contributed by atoms with Crippen molar-refractivity contribution in [2.75, 3.05) is 0 Å². The first-order valence-electron chi connectivity index (χ1n) is 3.05. The van der Waals surface area contributed by atoms with Gasteiger partial charge in [-0.05, 0) is 0 Å².